The first-order chi connectivity index (χ1) is 8.00. The third-order valence-electron chi connectivity index (χ3n) is 3.05. The highest BCUT2D eigenvalue weighted by atomic mass is 32.1. The van der Waals surface area contributed by atoms with Gasteiger partial charge in [-0.25, -0.2) is 0 Å². The molecule has 1 aliphatic heterocycles. The van der Waals surface area contributed by atoms with Gasteiger partial charge in [-0.1, -0.05) is 12.2 Å². The van der Waals surface area contributed by atoms with E-state index in [0.717, 1.165) is 26.1 Å². The number of rotatable bonds is 5. The summed E-state index contributed by atoms with van der Waals surface area (Å²) in [6.07, 6.45) is 1.78. The van der Waals surface area contributed by atoms with Gasteiger partial charge >= 0.3 is 0 Å². The lowest BCUT2D eigenvalue weighted by atomic mass is 10.1. The van der Waals surface area contributed by atoms with Crippen LogP contribution < -0.4 is 11.1 Å². The van der Waals surface area contributed by atoms with E-state index in [1.54, 1.807) is 0 Å². The highest BCUT2D eigenvalue weighted by Gasteiger charge is 2.19. The van der Waals surface area contributed by atoms with Crippen LogP contribution in [-0.2, 0) is 9.53 Å². The van der Waals surface area contributed by atoms with E-state index in [2.05, 4.69) is 5.32 Å². The predicted octanol–water partition coefficient (Wildman–Crippen LogP) is -0.112. The molecular weight excluding hydrogens is 238 g/mol. The van der Waals surface area contributed by atoms with Gasteiger partial charge in [0.2, 0.25) is 5.91 Å². The second-order valence-corrected chi connectivity index (χ2v) is 4.92. The van der Waals surface area contributed by atoms with Crippen molar-refractivity contribution in [3.63, 3.8) is 0 Å². The molecule has 0 spiro atoms. The first kappa shape index (κ1) is 14.3. The molecule has 1 heterocycles. The number of amides is 1. The Bertz CT molecular complexity index is 280. The number of nitrogens with one attached hydrogen (secondary N) is 1. The molecule has 0 bridgehead atoms. The lowest BCUT2D eigenvalue weighted by Crippen LogP contribution is -2.47. The number of carbonyl (C=O) groups excluding carboxylic acids is 1. The highest BCUT2D eigenvalue weighted by Crippen LogP contribution is 2.06. The monoisotopic (exact) mass is 259 g/mol. The van der Waals surface area contributed by atoms with Crippen LogP contribution in [0, 0.1) is 0 Å². The molecule has 98 valence electrons. The maximum atomic E-state index is 11.8. The van der Waals surface area contributed by atoms with Crippen molar-refractivity contribution >= 4 is 23.1 Å². The molecule has 0 aliphatic carbocycles. The summed E-state index contributed by atoms with van der Waals surface area (Å²) in [5.74, 6) is 0.0162. The molecule has 1 unspecified atom stereocenters. The van der Waals surface area contributed by atoms with Crippen LogP contribution in [0.2, 0.25) is 0 Å². The summed E-state index contributed by atoms with van der Waals surface area (Å²) in [4.78, 5) is 14.0. The van der Waals surface area contributed by atoms with Gasteiger partial charge in [0.25, 0.3) is 0 Å². The number of nitrogens with two attached hydrogens (primary N) is 1. The van der Waals surface area contributed by atoms with E-state index >= 15 is 0 Å². The fourth-order valence-corrected chi connectivity index (χ4v) is 1.88. The molecule has 1 saturated heterocycles. The maximum absolute atomic E-state index is 11.8. The molecule has 0 saturated carbocycles. The summed E-state index contributed by atoms with van der Waals surface area (Å²) in [5.41, 5.74) is 5.54. The molecule has 0 aromatic heterocycles. The molecule has 0 aromatic carbocycles. The minimum absolute atomic E-state index is 0.0162. The van der Waals surface area contributed by atoms with Crippen molar-refractivity contribution in [2.24, 2.45) is 5.73 Å². The van der Waals surface area contributed by atoms with E-state index in [9.17, 15) is 4.79 Å². The van der Waals surface area contributed by atoms with Gasteiger partial charge in [0.15, 0.2) is 0 Å². The quantitative estimate of drug-likeness (QED) is 0.674. The van der Waals surface area contributed by atoms with E-state index in [1.165, 1.54) is 0 Å². The van der Waals surface area contributed by atoms with Crippen molar-refractivity contribution in [3.05, 3.63) is 0 Å². The second kappa shape index (κ2) is 6.88. The molecule has 5 nitrogen and oxygen atoms in total. The van der Waals surface area contributed by atoms with Crippen LogP contribution in [0.1, 0.15) is 19.8 Å². The Morgan fingerprint density at radius 3 is 2.71 bits per heavy atom. The molecule has 0 radical (unpaired) electrons. The fraction of sp³-hybridized carbons (Fsp3) is 0.818. The van der Waals surface area contributed by atoms with E-state index in [4.69, 9.17) is 22.7 Å². The molecule has 1 aliphatic rings. The Kier molecular flexibility index (Phi) is 5.80. The summed E-state index contributed by atoms with van der Waals surface area (Å²) in [7, 11) is 1.84. The van der Waals surface area contributed by atoms with Crippen LogP contribution in [0.15, 0.2) is 0 Å². The van der Waals surface area contributed by atoms with Gasteiger partial charge in [0.1, 0.15) is 0 Å². The Balaban J connectivity index is 2.30. The van der Waals surface area contributed by atoms with Gasteiger partial charge < -0.3 is 15.8 Å². The van der Waals surface area contributed by atoms with Crippen LogP contribution in [0.4, 0.5) is 0 Å². The number of likely N-dealkylation sites (N-methyl/N-ethyl adjacent to an activating group) is 1. The lowest BCUT2D eigenvalue weighted by molar-refractivity contribution is -0.123. The van der Waals surface area contributed by atoms with Gasteiger partial charge in [0, 0.05) is 19.3 Å². The average Bonchev–Trinajstić information content (AvgIpc) is 2.28. The fourth-order valence-electron chi connectivity index (χ4n) is 1.70. The molecule has 6 heteroatoms. The van der Waals surface area contributed by atoms with Crippen LogP contribution in [0.3, 0.4) is 0 Å². The zero-order valence-corrected chi connectivity index (χ0v) is 11.3. The van der Waals surface area contributed by atoms with Gasteiger partial charge in [0.05, 0.1) is 17.6 Å². The smallest absolute Gasteiger partial charge is 0.234 e. The molecule has 3 N–H and O–H groups in total. The number of hydrogen-bond donors (Lipinski definition) is 2. The van der Waals surface area contributed by atoms with Gasteiger partial charge in [-0.3, -0.25) is 9.69 Å². The SMILES string of the molecule is CC(C(N)=S)N(C)CC(=O)NC1CCOCC1. The molecule has 1 atom stereocenters. The van der Waals surface area contributed by atoms with Crippen LogP contribution in [0.5, 0.6) is 0 Å². The van der Waals surface area contributed by atoms with E-state index in [0.29, 0.717) is 11.5 Å². The molecular formula is C11H21N3O2S. The normalized spacial score (nSPS) is 19.0. The Morgan fingerprint density at radius 2 is 2.18 bits per heavy atom. The third-order valence-corrected chi connectivity index (χ3v) is 3.39. The van der Waals surface area contributed by atoms with Gasteiger partial charge in [-0.2, -0.15) is 0 Å². The standard InChI is InChI=1S/C11H21N3O2S/c1-8(11(12)17)14(2)7-10(15)13-9-3-5-16-6-4-9/h8-9H,3-7H2,1-2H3,(H2,12,17)(H,13,15). The van der Waals surface area contributed by atoms with Gasteiger partial charge in [-0.15, -0.1) is 0 Å². The number of carbonyl (C=O) groups is 1. The molecule has 1 fully saturated rings. The van der Waals surface area contributed by atoms with Crippen molar-refractivity contribution in [1.29, 1.82) is 0 Å². The second-order valence-electron chi connectivity index (χ2n) is 4.45. The minimum Gasteiger partial charge on any atom is -0.392 e. The van der Waals surface area contributed by atoms with Crippen LogP contribution in [-0.4, -0.2) is 54.7 Å². The number of thiocarbonyl (C=S) groups is 1. The van der Waals surface area contributed by atoms with Crippen molar-refractivity contribution in [2.45, 2.75) is 31.8 Å². The van der Waals surface area contributed by atoms with E-state index < -0.39 is 0 Å². The minimum atomic E-state index is -0.0644. The maximum Gasteiger partial charge on any atom is 0.234 e. The van der Waals surface area contributed by atoms with Crippen molar-refractivity contribution in [1.82, 2.24) is 10.2 Å². The number of nitrogens with zero attached hydrogens (tertiary/aromatic N) is 1. The summed E-state index contributed by atoms with van der Waals surface area (Å²) in [5, 5.41) is 3.00. The van der Waals surface area contributed by atoms with Gasteiger partial charge in [-0.05, 0) is 26.8 Å². The lowest BCUT2D eigenvalue weighted by Gasteiger charge is -2.26. The van der Waals surface area contributed by atoms with Crippen LogP contribution >= 0.6 is 12.2 Å². The van der Waals surface area contributed by atoms with E-state index in [-0.39, 0.29) is 18.0 Å². The Hall–Kier alpha value is -0.720. The topological polar surface area (TPSA) is 67.6 Å². The third kappa shape index (κ3) is 4.97. The zero-order valence-electron chi connectivity index (χ0n) is 10.4. The van der Waals surface area contributed by atoms with E-state index in [1.807, 2.05) is 18.9 Å². The summed E-state index contributed by atoms with van der Waals surface area (Å²) >= 11 is 4.90. The zero-order chi connectivity index (χ0) is 12.8. The summed E-state index contributed by atoms with van der Waals surface area (Å²) in [6, 6.07) is 0.176. The largest absolute Gasteiger partial charge is 0.392 e. The summed E-state index contributed by atoms with van der Waals surface area (Å²) in [6.45, 7) is 3.66. The van der Waals surface area contributed by atoms with Crippen molar-refractivity contribution < 1.29 is 9.53 Å². The first-order valence-electron chi connectivity index (χ1n) is 5.87. The van der Waals surface area contributed by atoms with Crippen molar-refractivity contribution in [2.75, 3.05) is 26.8 Å². The molecule has 1 amide bonds. The average molecular weight is 259 g/mol. The molecule has 17 heavy (non-hydrogen) atoms. The predicted molar refractivity (Wildman–Crippen MR) is 70.9 cm³/mol. The number of hydrogen-bond acceptors (Lipinski definition) is 4. The Morgan fingerprint density at radius 1 is 1.59 bits per heavy atom. The first-order valence-corrected chi connectivity index (χ1v) is 6.28. The summed E-state index contributed by atoms with van der Waals surface area (Å²) < 4.78 is 5.24. The highest BCUT2D eigenvalue weighted by molar-refractivity contribution is 7.80. The van der Waals surface area contributed by atoms with Crippen LogP contribution in [0.25, 0.3) is 0 Å². The molecule has 0 aromatic rings. The Labute approximate surface area is 108 Å². The molecule has 1 rings (SSSR count). The number of ether oxygens (including phenoxy) is 1. The van der Waals surface area contributed by atoms with Crippen molar-refractivity contribution in [3.8, 4) is 0 Å².